The summed E-state index contributed by atoms with van der Waals surface area (Å²) in [4.78, 5) is 39.1. The van der Waals surface area contributed by atoms with Crippen LogP contribution in [0.15, 0.2) is 36.7 Å². The van der Waals surface area contributed by atoms with Crippen molar-refractivity contribution in [2.75, 3.05) is 45.2 Å². The summed E-state index contributed by atoms with van der Waals surface area (Å²) in [6, 6.07) is 10.4. The molecule has 36 heavy (non-hydrogen) atoms. The van der Waals surface area contributed by atoms with Gasteiger partial charge in [0, 0.05) is 57.4 Å². The number of aliphatic hydroxyl groups is 1. The lowest BCUT2D eigenvalue weighted by Gasteiger charge is -2.43. The Morgan fingerprint density at radius 2 is 1.78 bits per heavy atom. The highest BCUT2D eigenvalue weighted by molar-refractivity contribution is 5.93. The first-order chi connectivity index (χ1) is 17.5. The molecule has 2 fully saturated rings. The summed E-state index contributed by atoms with van der Waals surface area (Å²) in [5.74, 6) is 0.398. The molecule has 2 atom stereocenters. The molecular weight excluding hydrogens is 460 g/mol. The maximum absolute atomic E-state index is 13.2. The van der Waals surface area contributed by atoms with Crippen molar-refractivity contribution in [3.05, 3.63) is 53.5 Å². The number of nitrogens with one attached hydrogen (secondary N) is 1. The molecule has 0 aliphatic carbocycles. The summed E-state index contributed by atoms with van der Waals surface area (Å²) in [6.45, 7) is 3.85. The molecule has 1 aromatic heterocycles. The van der Waals surface area contributed by atoms with Crippen LogP contribution in [0.3, 0.4) is 0 Å². The standard InChI is InChI=1S/C26H34N6O4/c1-36-26(35)30-11-7-20(8-12-30)29-24-14-21(27-17-28-24)25(34)32-13-9-22(23(33)16-32)31-10-6-18-4-2-3-5-19(18)15-31/h2-5,14,17,20,22-23,33H,6-13,15-16H2,1H3,(H,27,28,29). The van der Waals surface area contributed by atoms with Gasteiger partial charge in [-0.3, -0.25) is 9.69 Å². The predicted octanol–water partition coefficient (Wildman–Crippen LogP) is 1.75. The average molecular weight is 495 g/mol. The summed E-state index contributed by atoms with van der Waals surface area (Å²) < 4.78 is 4.79. The number of aliphatic hydroxyl groups excluding tert-OH is 1. The lowest BCUT2D eigenvalue weighted by Crippen LogP contribution is -2.56. The third-order valence-corrected chi connectivity index (χ3v) is 7.63. The van der Waals surface area contributed by atoms with Crippen LogP contribution in [0.5, 0.6) is 0 Å². The highest BCUT2D eigenvalue weighted by Gasteiger charge is 2.35. The van der Waals surface area contributed by atoms with Gasteiger partial charge in [-0.2, -0.15) is 0 Å². The average Bonchev–Trinajstić information content (AvgIpc) is 2.92. The number of hydrogen-bond acceptors (Lipinski definition) is 8. The fourth-order valence-electron chi connectivity index (χ4n) is 5.59. The molecule has 10 heteroatoms. The Labute approximate surface area is 211 Å². The minimum atomic E-state index is -0.604. The van der Waals surface area contributed by atoms with Crippen molar-refractivity contribution in [3.8, 4) is 0 Å². The van der Waals surface area contributed by atoms with E-state index in [9.17, 15) is 14.7 Å². The number of hydrogen-bond donors (Lipinski definition) is 2. The number of benzene rings is 1. The molecule has 5 rings (SSSR count). The van der Waals surface area contributed by atoms with E-state index >= 15 is 0 Å². The molecule has 10 nitrogen and oxygen atoms in total. The van der Waals surface area contributed by atoms with E-state index in [1.165, 1.54) is 24.6 Å². The van der Waals surface area contributed by atoms with Gasteiger partial charge >= 0.3 is 6.09 Å². The van der Waals surface area contributed by atoms with Crippen molar-refractivity contribution in [2.45, 2.75) is 50.4 Å². The molecule has 1 aromatic carbocycles. The largest absolute Gasteiger partial charge is 0.453 e. The third kappa shape index (κ3) is 5.29. The van der Waals surface area contributed by atoms with Gasteiger partial charge in [0.25, 0.3) is 5.91 Å². The van der Waals surface area contributed by atoms with Gasteiger partial charge in [0.05, 0.1) is 13.2 Å². The summed E-state index contributed by atoms with van der Waals surface area (Å²) in [5, 5.41) is 14.3. The van der Waals surface area contributed by atoms with Crippen molar-refractivity contribution in [3.63, 3.8) is 0 Å². The van der Waals surface area contributed by atoms with Crippen molar-refractivity contribution < 1.29 is 19.4 Å². The number of rotatable bonds is 4. The van der Waals surface area contributed by atoms with Gasteiger partial charge in [-0.25, -0.2) is 14.8 Å². The summed E-state index contributed by atoms with van der Waals surface area (Å²) in [7, 11) is 1.39. The molecule has 0 radical (unpaired) electrons. The second kappa shape index (κ2) is 10.8. The van der Waals surface area contributed by atoms with E-state index in [2.05, 4.69) is 44.5 Å². The molecule has 3 aliphatic rings. The summed E-state index contributed by atoms with van der Waals surface area (Å²) in [6.07, 6.45) is 3.73. The van der Waals surface area contributed by atoms with Gasteiger partial charge in [-0.15, -0.1) is 0 Å². The normalized spacial score (nSPS) is 23.2. The minimum Gasteiger partial charge on any atom is -0.453 e. The molecule has 0 spiro atoms. The monoisotopic (exact) mass is 494 g/mol. The Balaban J connectivity index is 1.16. The van der Waals surface area contributed by atoms with E-state index in [0.717, 1.165) is 38.8 Å². The number of piperidine rings is 2. The number of anilines is 1. The molecule has 2 unspecified atom stereocenters. The molecule has 0 bridgehead atoms. The number of nitrogens with zero attached hydrogens (tertiary/aromatic N) is 5. The zero-order valence-electron chi connectivity index (χ0n) is 20.7. The van der Waals surface area contributed by atoms with Gasteiger partial charge in [-0.05, 0) is 36.8 Å². The van der Waals surface area contributed by atoms with Crippen LogP contribution in [-0.4, -0.2) is 99.8 Å². The highest BCUT2D eigenvalue weighted by atomic mass is 16.5. The maximum Gasteiger partial charge on any atom is 0.409 e. The second-order valence-electron chi connectivity index (χ2n) is 9.83. The van der Waals surface area contributed by atoms with Gasteiger partial charge in [0.1, 0.15) is 17.8 Å². The van der Waals surface area contributed by atoms with Gasteiger partial charge in [-0.1, -0.05) is 24.3 Å². The molecule has 2 N–H and O–H groups in total. The van der Waals surface area contributed by atoms with E-state index in [1.807, 2.05) is 0 Å². The first-order valence-corrected chi connectivity index (χ1v) is 12.7. The number of fused-ring (bicyclic) bond motifs is 1. The smallest absolute Gasteiger partial charge is 0.409 e. The summed E-state index contributed by atoms with van der Waals surface area (Å²) in [5.41, 5.74) is 3.03. The van der Waals surface area contributed by atoms with Crippen LogP contribution in [-0.2, 0) is 17.7 Å². The first-order valence-electron chi connectivity index (χ1n) is 12.7. The molecule has 192 valence electrons. The predicted molar refractivity (Wildman–Crippen MR) is 134 cm³/mol. The Hall–Kier alpha value is -3.24. The number of ether oxygens (including phenoxy) is 1. The zero-order valence-corrected chi connectivity index (χ0v) is 20.7. The van der Waals surface area contributed by atoms with Crippen LogP contribution in [0.4, 0.5) is 10.6 Å². The zero-order chi connectivity index (χ0) is 25.1. The van der Waals surface area contributed by atoms with E-state index in [1.54, 1.807) is 15.9 Å². The van der Waals surface area contributed by atoms with Crippen LogP contribution in [0, 0.1) is 0 Å². The van der Waals surface area contributed by atoms with Crippen LogP contribution in [0.1, 0.15) is 40.9 Å². The lowest BCUT2D eigenvalue weighted by molar-refractivity contribution is -0.0139. The number of likely N-dealkylation sites (tertiary alicyclic amines) is 2. The van der Waals surface area contributed by atoms with Gasteiger partial charge < -0.3 is 25.0 Å². The van der Waals surface area contributed by atoms with Crippen molar-refractivity contribution >= 4 is 17.8 Å². The topological polar surface area (TPSA) is 111 Å². The van der Waals surface area contributed by atoms with Crippen LogP contribution >= 0.6 is 0 Å². The van der Waals surface area contributed by atoms with Gasteiger partial charge in [0.2, 0.25) is 0 Å². The van der Waals surface area contributed by atoms with Gasteiger partial charge in [0.15, 0.2) is 0 Å². The molecule has 3 aliphatic heterocycles. The maximum atomic E-state index is 13.2. The van der Waals surface area contributed by atoms with Crippen LogP contribution in [0.2, 0.25) is 0 Å². The van der Waals surface area contributed by atoms with E-state index in [-0.39, 0.29) is 24.1 Å². The first kappa shape index (κ1) is 24.5. The quantitative estimate of drug-likeness (QED) is 0.662. The number of carbonyl (C=O) groups excluding carboxylic acids is 2. The lowest BCUT2D eigenvalue weighted by atomic mass is 9.94. The SMILES string of the molecule is COC(=O)N1CCC(Nc2cc(C(=O)N3CCC(N4CCc5ccccc5C4)C(O)C3)ncn2)CC1. The van der Waals surface area contributed by atoms with Crippen molar-refractivity contribution in [1.29, 1.82) is 0 Å². The van der Waals surface area contributed by atoms with E-state index in [0.29, 0.717) is 37.7 Å². The highest BCUT2D eigenvalue weighted by Crippen LogP contribution is 2.26. The van der Waals surface area contributed by atoms with Crippen molar-refractivity contribution in [2.24, 2.45) is 0 Å². The van der Waals surface area contributed by atoms with Crippen LogP contribution < -0.4 is 5.32 Å². The Morgan fingerprint density at radius 3 is 2.53 bits per heavy atom. The fourth-order valence-corrected chi connectivity index (χ4v) is 5.59. The third-order valence-electron chi connectivity index (χ3n) is 7.63. The minimum absolute atomic E-state index is 0.0425. The summed E-state index contributed by atoms with van der Waals surface area (Å²) >= 11 is 0. The molecule has 0 saturated carbocycles. The van der Waals surface area contributed by atoms with Crippen LogP contribution in [0.25, 0.3) is 0 Å². The van der Waals surface area contributed by atoms with E-state index in [4.69, 9.17) is 4.74 Å². The Morgan fingerprint density at radius 1 is 1.03 bits per heavy atom. The number of aromatic nitrogens is 2. The molecular formula is C26H34N6O4. The Bertz CT molecular complexity index is 1090. The molecule has 2 saturated heterocycles. The number of methoxy groups -OCH3 is 1. The fraction of sp³-hybridized carbons (Fsp3) is 0.538. The molecule has 4 heterocycles. The van der Waals surface area contributed by atoms with E-state index < -0.39 is 6.10 Å². The van der Waals surface area contributed by atoms with Crippen molar-refractivity contribution in [1.82, 2.24) is 24.7 Å². The number of carbonyl (C=O) groups is 2. The number of amides is 2. The molecule has 2 aromatic rings. The number of β-amino-alcohol motifs (C(OH)–C–C–N with tert-alkyl or cyclic N) is 1. The Kier molecular flexibility index (Phi) is 7.33. The molecule has 2 amide bonds. The second-order valence-corrected chi connectivity index (χ2v) is 9.83.